The van der Waals surface area contributed by atoms with Gasteiger partial charge in [-0.25, -0.2) is 0 Å². The van der Waals surface area contributed by atoms with Crippen LogP contribution in [0.2, 0.25) is 0 Å². The van der Waals surface area contributed by atoms with Crippen LogP contribution in [0.1, 0.15) is 16.7 Å². The summed E-state index contributed by atoms with van der Waals surface area (Å²) in [6.07, 6.45) is 0. The van der Waals surface area contributed by atoms with Crippen LogP contribution in [0.25, 0.3) is 0 Å². The number of hydrogen-bond donors (Lipinski definition) is 0. The molecule has 0 bridgehead atoms. The summed E-state index contributed by atoms with van der Waals surface area (Å²) in [6.45, 7) is 0.565. The van der Waals surface area contributed by atoms with Crippen molar-refractivity contribution in [3.8, 4) is 0 Å². The molecule has 0 aliphatic rings. The van der Waals surface area contributed by atoms with E-state index in [1.54, 1.807) is 0 Å². The van der Waals surface area contributed by atoms with E-state index in [1.165, 1.54) is 16.7 Å². The van der Waals surface area contributed by atoms with Gasteiger partial charge in [0.1, 0.15) is 0 Å². The molecule has 0 N–H and O–H groups in total. The Balaban J connectivity index is 2.29. The van der Waals surface area contributed by atoms with Gasteiger partial charge in [0.05, 0.1) is 5.41 Å². The predicted octanol–water partition coefficient (Wildman–Crippen LogP) is 4.12. The highest BCUT2D eigenvalue weighted by Gasteiger charge is 2.35. The average molecular weight is 300 g/mol. The molecule has 0 spiro atoms. The van der Waals surface area contributed by atoms with E-state index in [0.29, 0.717) is 6.61 Å². The van der Waals surface area contributed by atoms with Crippen LogP contribution in [-0.2, 0) is 9.20 Å². The maximum Gasteiger partial charge on any atom is 0.369 e. The van der Waals surface area contributed by atoms with Crippen molar-refractivity contribution in [2.75, 3.05) is 6.61 Å². The Kier molecular flexibility index (Phi) is 4.75. The van der Waals surface area contributed by atoms with Crippen LogP contribution in [0.3, 0.4) is 0 Å². The van der Waals surface area contributed by atoms with Crippen molar-refractivity contribution in [3.63, 3.8) is 0 Å². The van der Waals surface area contributed by atoms with Crippen LogP contribution in [0, 0.1) is 0 Å². The van der Waals surface area contributed by atoms with Crippen LogP contribution in [0.5, 0.6) is 0 Å². The molecule has 3 aromatic carbocycles. The Hall–Kier alpha value is -1.85. The fourth-order valence-electron chi connectivity index (χ4n) is 3.04. The molecule has 0 atom stereocenters. The maximum absolute atomic E-state index is 5.59. The molecule has 0 aromatic heterocycles. The Labute approximate surface area is 140 Å². The smallest absolute Gasteiger partial charge is 0.369 e. The zero-order valence-corrected chi connectivity index (χ0v) is 13.5. The van der Waals surface area contributed by atoms with Gasteiger partial charge in [-0.05, 0) is 16.7 Å². The van der Waals surface area contributed by atoms with Crippen LogP contribution < -0.4 is 0 Å². The van der Waals surface area contributed by atoms with Crippen LogP contribution in [0.4, 0.5) is 0 Å². The molecule has 106 valence electrons. The molecule has 0 saturated carbocycles. The SMILES string of the molecule is [Al][O]CC(c1ccccc1)(c1ccccc1)c1ccccc1. The van der Waals surface area contributed by atoms with Gasteiger partial charge in [-0.15, -0.1) is 0 Å². The first kappa shape index (κ1) is 15.1. The summed E-state index contributed by atoms with van der Waals surface area (Å²) in [7, 11) is 0. The first-order valence-electron chi connectivity index (χ1n) is 7.36. The Bertz CT molecular complexity index is 599. The zero-order chi connectivity index (χ0) is 15.3. The molecule has 0 saturated heterocycles. The molecule has 0 aliphatic carbocycles. The minimum absolute atomic E-state index is 0.314. The molecule has 2 heteroatoms. The number of benzene rings is 3. The molecule has 3 aromatic rings. The highest BCUT2D eigenvalue weighted by atomic mass is 27.1. The van der Waals surface area contributed by atoms with E-state index < -0.39 is 0 Å². The quantitative estimate of drug-likeness (QED) is 0.509. The molecule has 0 fully saturated rings. The minimum Gasteiger partial charge on any atom is -0.515 e. The molecular formula is C20H17AlO. The third-order valence-electron chi connectivity index (χ3n) is 4.10. The molecule has 3 rings (SSSR count). The van der Waals surface area contributed by atoms with E-state index in [1.807, 2.05) is 18.2 Å². The number of rotatable bonds is 5. The zero-order valence-electron chi connectivity index (χ0n) is 12.4. The molecule has 22 heavy (non-hydrogen) atoms. The van der Waals surface area contributed by atoms with Crippen molar-refractivity contribution in [2.24, 2.45) is 0 Å². The maximum atomic E-state index is 5.59. The molecule has 0 aliphatic heterocycles. The second-order valence-corrected chi connectivity index (χ2v) is 5.65. The van der Waals surface area contributed by atoms with Gasteiger partial charge in [-0.2, -0.15) is 0 Å². The lowest BCUT2D eigenvalue weighted by Gasteiger charge is -2.36. The van der Waals surface area contributed by atoms with Crippen LogP contribution in [0.15, 0.2) is 91.0 Å². The van der Waals surface area contributed by atoms with Crippen molar-refractivity contribution in [1.82, 2.24) is 0 Å². The molecule has 0 heterocycles. The molecule has 1 nitrogen and oxygen atoms in total. The van der Waals surface area contributed by atoms with Gasteiger partial charge in [0.25, 0.3) is 0 Å². The van der Waals surface area contributed by atoms with Gasteiger partial charge >= 0.3 is 16.6 Å². The highest BCUT2D eigenvalue weighted by Crippen LogP contribution is 2.39. The van der Waals surface area contributed by atoms with Crippen molar-refractivity contribution in [3.05, 3.63) is 108 Å². The predicted molar refractivity (Wildman–Crippen MR) is 90.9 cm³/mol. The molecule has 0 amide bonds. The monoisotopic (exact) mass is 300 g/mol. The lowest BCUT2D eigenvalue weighted by atomic mass is 9.70. The summed E-state index contributed by atoms with van der Waals surface area (Å²) in [5.41, 5.74) is 3.38. The van der Waals surface area contributed by atoms with E-state index in [-0.39, 0.29) is 5.41 Å². The second-order valence-electron chi connectivity index (χ2n) is 5.31. The minimum atomic E-state index is -0.314. The third-order valence-corrected chi connectivity index (χ3v) is 4.27. The van der Waals surface area contributed by atoms with Crippen LogP contribution in [-0.4, -0.2) is 23.2 Å². The van der Waals surface area contributed by atoms with Crippen molar-refractivity contribution >= 4 is 16.6 Å². The fraction of sp³-hybridized carbons (Fsp3) is 0.100. The Morgan fingerprint density at radius 2 is 0.909 bits per heavy atom. The van der Waals surface area contributed by atoms with Crippen LogP contribution >= 0.6 is 0 Å². The number of hydrogen-bond acceptors (Lipinski definition) is 1. The summed E-state index contributed by atoms with van der Waals surface area (Å²) >= 11 is 2.39. The van der Waals surface area contributed by atoms with E-state index in [2.05, 4.69) is 89.4 Å². The molecular weight excluding hydrogens is 283 g/mol. The normalized spacial score (nSPS) is 11.3. The summed E-state index contributed by atoms with van der Waals surface area (Å²) in [4.78, 5) is 0. The van der Waals surface area contributed by atoms with Gasteiger partial charge in [-0.1, -0.05) is 91.0 Å². The van der Waals surface area contributed by atoms with E-state index in [4.69, 9.17) is 3.79 Å². The highest BCUT2D eigenvalue weighted by molar-refractivity contribution is 5.98. The standard InChI is InChI=1S/C20H17O.Al/c21-16-20(17-10-4-1-5-11-17,18-12-6-2-7-13-18)19-14-8-3-9-15-19;/h1-15H,16H2;/q-1;+1. The van der Waals surface area contributed by atoms with Gasteiger partial charge in [0.2, 0.25) is 0 Å². The summed E-state index contributed by atoms with van der Waals surface area (Å²) in [6, 6.07) is 31.7. The Morgan fingerprint density at radius 1 is 0.591 bits per heavy atom. The molecule has 0 unspecified atom stereocenters. The summed E-state index contributed by atoms with van der Waals surface area (Å²) in [5.74, 6) is 0. The lowest BCUT2D eigenvalue weighted by Crippen LogP contribution is -2.34. The summed E-state index contributed by atoms with van der Waals surface area (Å²) in [5, 5.41) is 0. The van der Waals surface area contributed by atoms with Gasteiger partial charge < -0.3 is 3.79 Å². The third kappa shape index (κ3) is 2.74. The van der Waals surface area contributed by atoms with Gasteiger partial charge in [0.15, 0.2) is 0 Å². The summed E-state index contributed by atoms with van der Waals surface area (Å²) < 4.78 is 5.59. The molecule has 2 radical (unpaired) electrons. The fourth-order valence-corrected chi connectivity index (χ4v) is 3.29. The average Bonchev–Trinajstić information content (AvgIpc) is 2.62. The largest absolute Gasteiger partial charge is 0.515 e. The van der Waals surface area contributed by atoms with E-state index in [9.17, 15) is 0 Å². The first-order chi connectivity index (χ1) is 10.9. The Morgan fingerprint density at radius 3 is 1.18 bits per heavy atom. The lowest BCUT2D eigenvalue weighted by molar-refractivity contribution is 0.289. The topological polar surface area (TPSA) is 9.23 Å². The van der Waals surface area contributed by atoms with Gasteiger partial charge in [0, 0.05) is 6.61 Å². The second kappa shape index (κ2) is 6.94. The van der Waals surface area contributed by atoms with Crippen molar-refractivity contribution in [2.45, 2.75) is 5.41 Å². The van der Waals surface area contributed by atoms with E-state index in [0.717, 1.165) is 0 Å². The van der Waals surface area contributed by atoms with Crippen molar-refractivity contribution < 1.29 is 3.79 Å². The first-order valence-corrected chi connectivity index (χ1v) is 7.83. The van der Waals surface area contributed by atoms with Crippen molar-refractivity contribution in [1.29, 1.82) is 0 Å². The van der Waals surface area contributed by atoms with E-state index >= 15 is 0 Å². The van der Waals surface area contributed by atoms with Gasteiger partial charge in [-0.3, -0.25) is 0 Å².